The summed E-state index contributed by atoms with van der Waals surface area (Å²) in [5.74, 6) is 0.0192. The number of rotatable bonds is 4. The summed E-state index contributed by atoms with van der Waals surface area (Å²) in [6.45, 7) is 1.45. The molecule has 6 nitrogen and oxygen atoms in total. The molecule has 0 bridgehead atoms. The molecule has 3 amide bonds. The molecule has 0 unspecified atom stereocenters. The molecule has 1 aliphatic rings. The summed E-state index contributed by atoms with van der Waals surface area (Å²) in [5, 5.41) is 2.87. The fourth-order valence-corrected chi connectivity index (χ4v) is 2.94. The molecule has 1 saturated heterocycles. The molecule has 2 aromatic rings. The highest BCUT2D eigenvalue weighted by molar-refractivity contribution is 5.93. The zero-order valence-corrected chi connectivity index (χ0v) is 14.5. The molecule has 134 valence electrons. The fourth-order valence-electron chi connectivity index (χ4n) is 2.94. The third-order valence-electron chi connectivity index (χ3n) is 4.50. The van der Waals surface area contributed by atoms with Crippen LogP contribution >= 0.6 is 0 Å². The number of likely N-dealkylation sites (tertiary alicyclic amines) is 1. The van der Waals surface area contributed by atoms with Crippen LogP contribution in [-0.2, 0) is 0 Å². The molecule has 3 N–H and O–H groups in total. The number of piperidine rings is 1. The fraction of sp³-hybridized carbons (Fsp3) is 0.250. The Morgan fingerprint density at radius 2 is 1.88 bits per heavy atom. The highest BCUT2D eigenvalue weighted by Gasteiger charge is 2.21. The Morgan fingerprint density at radius 1 is 1.15 bits per heavy atom. The van der Waals surface area contributed by atoms with Gasteiger partial charge in [-0.15, -0.1) is 0 Å². The Balaban J connectivity index is 1.48. The molecule has 2 heterocycles. The van der Waals surface area contributed by atoms with E-state index in [2.05, 4.69) is 22.5 Å². The second kappa shape index (κ2) is 8.29. The number of hydrogen-bond donors (Lipinski definition) is 2. The van der Waals surface area contributed by atoms with E-state index < -0.39 is 5.91 Å². The summed E-state index contributed by atoms with van der Waals surface area (Å²) >= 11 is 0. The van der Waals surface area contributed by atoms with Crippen molar-refractivity contribution in [1.29, 1.82) is 0 Å². The van der Waals surface area contributed by atoms with Gasteiger partial charge in [0.25, 0.3) is 0 Å². The van der Waals surface area contributed by atoms with E-state index in [4.69, 9.17) is 5.73 Å². The van der Waals surface area contributed by atoms with Crippen LogP contribution in [0.25, 0.3) is 6.08 Å². The van der Waals surface area contributed by atoms with E-state index >= 15 is 0 Å². The van der Waals surface area contributed by atoms with Gasteiger partial charge in [0.1, 0.15) is 0 Å². The number of carbonyl (C=O) groups is 2. The number of anilines is 1. The number of allylic oxidation sites excluding steroid dienone is 1. The Bertz CT molecular complexity index is 779. The SMILES string of the molecule is NC(=O)c1ccc(/C=C/C2CCN(C(=O)Nc3cccnc3)CC2)cc1. The lowest BCUT2D eigenvalue weighted by Crippen LogP contribution is -2.40. The van der Waals surface area contributed by atoms with Crippen LogP contribution in [0.5, 0.6) is 0 Å². The van der Waals surface area contributed by atoms with E-state index in [1.165, 1.54) is 0 Å². The van der Waals surface area contributed by atoms with Gasteiger partial charge in [-0.05, 0) is 48.6 Å². The highest BCUT2D eigenvalue weighted by Crippen LogP contribution is 2.20. The van der Waals surface area contributed by atoms with Crippen LogP contribution in [-0.4, -0.2) is 34.9 Å². The predicted octanol–water partition coefficient (Wildman–Crippen LogP) is 3.14. The molecule has 0 saturated carbocycles. The van der Waals surface area contributed by atoms with Crippen molar-refractivity contribution in [3.63, 3.8) is 0 Å². The summed E-state index contributed by atoms with van der Waals surface area (Å²) in [4.78, 5) is 29.2. The van der Waals surface area contributed by atoms with Gasteiger partial charge in [-0.25, -0.2) is 4.79 Å². The lowest BCUT2D eigenvalue weighted by Gasteiger charge is -2.30. The molecular weight excluding hydrogens is 328 g/mol. The number of pyridine rings is 1. The Labute approximate surface area is 152 Å². The molecule has 26 heavy (non-hydrogen) atoms. The maximum Gasteiger partial charge on any atom is 0.321 e. The van der Waals surface area contributed by atoms with Crippen molar-refractivity contribution in [1.82, 2.24) is 9.88 Å². The first-order chi connectivity index (χ1) is 12.6. The monoisotopic (exact) mass is 350 g/mol. The minimum Gasteiger partial charge on any atom is -0.366 e. The molecule has 1 aromatic carbocycles. The van der Waals surface area contributed by atoms with Crippen LogP contribution in [0.15, 0.2) is 54.9 Å². The average Bonchev–Trinajstić information content (AvgIpc) is 2.68. The number of hydrogen-bond acceptors (Lipinski definition) is 3. The minimum absolute atomic E-state index is 0.0810. The van der Waals surface area contributed by atoms with Crippen LogP contribution < -0.4 is 11.1 Å². The summed E-state index contributed by atoms with van der Waals surface area (Å²) < 4.78 is 0. The van der Waals surface area contributed by atoms with E-state index in [1.807, 2.05) is 23.1 Å². The lowest BCUT2D eigenvalue weighted by molar-refractivity contribution is 0.1000. The average molecular weight is 350 g/mol. The molecule has 1 fully saturated rings. The quantitative estimate of drug-likeness (QED) is 0.888. The lowest BCUT2D eigenvalue weighted by atomic mass is 9.95. The van der Waals surface area contributed by atoms with Crippen LogP contribution in [0.2, 0.25) is 0 Å². The van der Waals surface area contributed by atoms with Crippen molar-refractivity contribution in [3.8, 4) is 0 Å². The molecule has 6 heteroatoms. The van der Waals surface area contributed by atoms with Crippen LogP contribution in [0.4, 0.5) is 10.5 Å². The van der Waals surface area contributed by atoms with Crippen molar-refractivity contribution in [2.24, 2.45) is 11.7 Å². The number of nitrogens with two attached hydrogens (primary N) is 1. The number of primary amides is 1. The van der Waals surface area contributed by atoms with E-state index in [1.54, 1.807) is 30.6 Å². The number of carbonyl (C=O) groups excluding carboxylic acids is 2. The standard InChI is InChI=1S/C20H22N4O2/c21-19(25)17-7-5-15(6-8-17)3-4-16-9-12-24(13-10-16)20(26)23-18-2-1-11-22-14-18/h1-8,11,14,16H,9-10,12-13H2,(H2,21,25)(H,23,26)/b4-3+. The molecular formula is C20H22N4O2. The summed E-state index contributed by atoms with van der Waals surface area (Å²) in [6.07, 6.45) is 9.40. The topological polar surface area (TPSA) is 88.3 Å². The summed E-state index contributed by atoms with van der Waals surface area (Å²) in [7, 11) is 0. The van der Waals surface area contributed by atoms with Gasteiger partial charge in [0, 0.05) is 24.8 Å². The molecule has 0 aliphatic carbocycles. The normalized spacial score (nSPS) is 15.2. The maximum atomic E-state index is 12.3. The summed E-state index contributed by atoms with van der Waals surface area (Å²) in [6, 6.07) is 10.8. The Hall–Kier alpha value is -3.15. The highest BCUT2D eigenvalue weighted by atomic mass is 16.2. The first-order valence-corrected chi connectivity index (χ1v) is 8.66. The molecule has 1 aromatic heterocycles. The van der Waals surface area contributed by atoms with E-state index in [0.717, 1.165) is 31.5 Å². The summed E-state index contributed by atoms with van der Waals surface area (Å²) in [5.41, 5.74) is 7.49. The van der Waals surface area contributed by atoms with Crippen LogP contribution in [0, 0.1) is 5.92 Å². The zero-order chi connectivity index (χ0) is 18.4. The number of amides is 3. The number of urea groups is 1. The van der Waals surface area contributed by atoms with E-state index in [-0.39, 0.29) is 6.03 Å². The van der Waals surface area contributed by atoms with Crippen molar-refractivity contribution >= 4 is 23.7 Å². The molecule has 3 rings (SSSR count). The molecule has 0 spiro atoms. The van der Waals surface area contributed by atoms with Gasteiger partial charge in [-0.1, -0.05) is 24.3 Å². The van der Waals surface area contributed by atoms with E-state index in [0.29, 0.717) is 17.2 Å². The van der Waals surface area contributed by atoms with Gasteiger partial charge in [-0.3, -0.25) is 9.78 Å². The molecule has 0 atom stereocenters. The number of benzene rings is 1. The van der Waals surface area contributed by atoms with Crippen molar-refractivity contribution < 1.29 is 9.59 Å². The number of aromatic nitrogens is 1. The van der Waals surface area contributed by atoms with Gasteiger partial charge in [0.2, 0.25) is 5.91 Å². The minimum atomic E-state index is -0.419. The Kier molecular flexibility index (Phi) is 5.63. The van der Waals surface area contributed by atoms with Crippen LogP contribution in [0.3, 0.4) is 0 Å². The molecule has 1 aliphatic heterocycles. The van der Waals surface area contributed by atoms with Crippen molar-refractivity contribution in [2.75, 3.05) is 18.4 Å². The third-order valence-corrected chi connectivity index (χ3v) is 4.50. The second-order valence-electron chi connectivity index (χ2n) is 6.34. The Morgan fingerprint density at radius 3 is 2.50 bits per heavy atom. The molecule has 0 radical (unpaired) electrons. The smallest absolute Gasteiger partial charge is 0.321 e. The van der Waals surface area contributed by atoms with Crippen LogP contribution in [0.1, 0.15) is 28.8 Å². The maximum absolute atomic E-state index is 12.3. The number of nitrogens with zero attached hydrogens (tertiary/aromatic N) is 2. The third kappa shape index (κ3) is 4.69. The van der Waals surface area contributed by atoms with Gasteiger partial charge in [0.15, 0.2) is 0 Å². The van der Waals surface area contributed by atoms with Gasteiger partial charge in [0.05, 0.1) is 11.9 Å². The van der Waals surface area contributed by atoms with Gasteiger partial charge in [-0.2, -0.15) is 0 Å². The predicted molar refractivity (Wildman–Crippen MR) is 102 cm³/mol. The van der Waals surface area contributed by atoms with Gasteiger partial charge < -0.3 is 16.0 Å². The van der Waals surface area contributed by atoms with Crippen molar-refractivity contribution in [2.45, 2.75) is 12.8 Å². The zero-order valence-electron chi connectivity index (χ0n) is 14.5. The first-order valence-electron chi connectivity index (χ1n) is 8.66. The largest absolute Gasteiger partial charge is 0.366 e. The van der Waals surface area contributed by atoms with Crippen molar-refractivity contribution in [3.05, 3.63) is 66.0 Å². The van der Waals surface area contributed by atoms with E-state index in [9.17, 15) is 9.59 Å². The first kappa shape index (κ1) is 17.7. The number of nitrogens with one attached hydrogen (secondary N) is 1. The van der Waals surface area contributed by atoms with Gasteiger partial charge >= 0.3 is 6.03 Å². The second-order valence-corrected chi connectivity index (χ2v) is 6.34.